The number of H-pyrrole nitrogens is 1. The maximum Gasteiger partial charge on any atom is 0.328 e. The predicted molar refractivity (Wildman–Crippen MR) is 74.0 cm³/mol. The molecule has 1 aromatic carbocycles. The summed E-state index contributed by atoms with van der Waals surface area (Å²) < 4.78 is 2.15. The molecule has 0 bridgehead atoms. The highest BCUT2D eigenvalue weighted by Gasteiger charge is 2.05. The van der Waals surface area contributed by atoms with Crippen molar-refractivity contribution in [2.24, 2.45) is 0 Å². The van der Waals surface area contributed by atoms with E-state index in [1.54, 1.807) is 12.1 Å². The summed E-state index contributed by atoms with van der Waals surface area (Å²) in [6, 6.07) is 5.35. The lowest BCUT2D eigenvalue weighted by Crippen LogP contribution is -2.31. The van der Waals surface area contributed by atoms with E-state index in [-0.39, 0.29) is 12.2 Å². The number of hydrogen-bond acceptors (Lipinski definition) is 3. The lowest BCUT2D eigenvalue weighted by molar-refractivity contribution is 0.723. The Kier molecular flexibility index (Phi) is 3.58. The van der Waals surface area contributed by atoms with Crippen LogP contribution in [-0.4, -0.2) is 9.55 Å². The van der Waals surface area contributed by atoms with Crippen LogP contribution in [0.4, 0.5) is 5.69 Å². The molecule has 0 radical (unpaired) electrons. The van der Waals surface area contributed by atoms with Crippen LogP contribution >= 0.6 is 27.5 Å². The van der Waals surface area contributed by atoms with Gasteiger partial charge in [-0.3, -0.25) is 14.3 Å². The Bertz CT molecular complexity index is 708. The SMILES string of the molecule is Nc1cn(Cc2ccc(Br)cc2Cl)c(=O)[nH]c1=O. The second-order valence-corrected chi connectivity index (χ2v) is 5.03. The average molecular weight is 331 g/mol. The Hall–Kier alpha value is -1.53. The van der Waals surface area contributed by atoms with Crippen molar-refractivity contribution in [1.29, 1.82) is 0 Å². The number of aromatic amines is 1. The molecule has 7 heteroatoms. The summed E-state index contributed by atoms with van der Waals surface area (Å²) >= 11 is 9.35. The molecule has 18 heavy (non-hydrogen) atoms. The smallest absolute Gasteiger partial charge is 0.328 e. The first-order valence-corrected chi connectivity index (χ1v) is 6.17. The van der Waals surface area contributed by atoms with Crippen molar-refractivity contribution >= 4 is 33.2 Å². The summed E-state index contributed by atoms with van der Waals surface area (Å²) in [7, 11) is 0. The maximum atomic E-state index is 11.6. The molecule has 94 valence electrons. The minimum atomic E-state index is -0.585. The zero-order valence-electron chi connectivity index (χ0n) is 9.11. The molecule has 2 aromatic rings. The molecule has 3 N–H and O–H groups in total. The van der Waals surface area contributed by atoms with Crippen LogP contribution in [0.3, 0.4) is 0 Å². The number of nitrogen functional groups attached to an aromatic ring is 1. The maximum absolute atomic E-state index is 11.6. The summed E-state index contributed by atoms with van der Waals surface area (Å²) in [5.41, 5.74) is 5.10. The van der Waals surface area contributed by atoms with Crippen molar-refractivity contribution in [3.63, 3.8) is 0 Å². The molecule has 0 aliphatic carbocycles. The lowest BCUT2D eigenvalue weighted by Gasteiger charge is -2.08. The van der Waals surface area contributed by atoms with Crippen LogP contribution in [0.15, 0.2) is 38.5 Å². The van der Waals surface area contributed by atoms with Crippen LogP contribution in [0.2, 0.25) is 5.02 Å². The summed E-state index contributed by atoms with van der Waals surface area (Å²) in [4.78, 5) is 24.8. The van der Waals surface area contributed by atoms with Crippen LogP contribution < -0.4 is 17.0 Å². The van der Waals surface area contributed by atoms with Crippen molar-refractivity contribution in [2.45, 2.75) is 6.54 Å². The van der Waals surface area contributed by atoms with Crippen LogP contribution in [0.25, 0.3) is 0 Å². The molecule has 0 saturated heterocycles. The van der Waals surface area contributed by atoms with E-state index < -0.39 is 11.2 Å². The van der Waals surface area contributed by atoms with Crippen molar-refractivity contribution in [3.8, 4) is 0 Å². The van der Waals surface area contributed by atoms with Gasteiger partial charge in [0.1, 0.15) is 5.69 Å². The van der Waals surface area contributed by atoms with Crippen LogP contribution in [0.1, 0.15) is 5.56 Å². The third-order valence-corrected chi connectivity index (χ3v) is 3.24. The standard InChI is InChI=1S/C11H9BrClN3O2/c12-7-2-1-6(8(13)3-7)4-16-5-9(14)10(17)15-11(16)18/h1-3,5H,4,14H2,(H,15,17,18). The normalized spacial score (nSPS) is 10.6. The molecule has 2 rings (SSSR count). The summed E-state index contributed by atoms with van der Waals surface area (Å²) in [5, 5.41) is 0.529. The Morgan fingerprint density at radius 2 is 2.11 bits per heavy atom. The van der Waals surface area contributed by atoms with E-state index in [1.165, 1.54) is 10.8 Å². The van der Waals surface area contributed by atoms with Crippen molar-refractivity contribution in [3.05, 3.63) is 60.3 Å². The quantitative estimate of drug-likeness (QED) is 0.877. The summed E-state index contributed by atoms with van der Waals surface area (Å²) in [6.45, 7) is 0.242. The van der Waals surface area contributed by atoms with E-state index in [2.05, 4.69) is 20.9 Å². The van der Waals surface area contributed by atoms with E-state index >= 15 is 0 Å². The topological polar surface area (TPSA) is 80.9 Å². The van der Waals surface area contributed by atoms with Gasteiger partial charge < -0.3 is 5.73 Å². The first kappa shape index (κ1) is 12.9. The van der Waals surface area contributed by atoms with Crippen molar-refractivity contribution in [1.82, 2.24) is 9.55 Å². The van der Waals surface area contributed by atoms with Gasteiger partial charge >= 0.3 is 5.69 Å². The van der Waals surface area contributed by atoms with E-state index in [9.17, 15) is 9.59 Å². The summed E-state index contributed by atoms with van der Waals surface area (Å²) in [6.07, 6.45) is 1.31. The molecule has 1 aromatic heterocycles. The average Bonchev–Trinajstić information content (AvgIpc) is 2.29. The van der Waals surface area contributed by atoms with Gasteiger partial charge in [0.05, 0.1) is 6.54 Å². The third-order valence-electron chi connectivity index (χ3n) is 2.39. The molecule has 0 amide bonds. The Balaban J connectivity index is 2.43. The van der Waals surface area contributed by atoms with Gasteiger partial charge in [0, 0.05) is 15.7 Å². The number of benzene rings is 1. The fourth-order valence-corrected chi connectivity index (χ4v) is 2.21. The minimum Gasteiger partial charge on any atom is -0.393 e. The zero-order valence-corrected chi connectivity index (χ0v) is 11.5. The number of halogens is 2. The number of hydrogen-bond donors (Lipinski definition) is 2. The Labute approximate surface area is 115 Å². The van der Waals surface area contributed by atoms with Gasteiger partial charge in [-0.15, -0.1) is 0 Å². The molecular weight excluding hydrogens is 321 g/mol. The first-order valence-electron chi connectivity index (χ1n) is 5.00. The van der Waals surface area contributed by atoms with E-state index in [0.29, 0.717) is 5.02 Å². The molecule has 0 spiro atoms. The van der Waals surface area contributed by atoms with Crippen molar-refractivity contribution < 1.29 is 0 Å². The van der Waals surface area contributed by atoms with Crippen LogP contribution in [0.5, 0.6) is 0 Å². The number of aromatic nitrogens is 2. The Morgan fingerprint density at radius 3 is 2.78 bits per heavy atom. The van der Waals surface area contributed by atoms with Gasteiger partial charge in [0.2, 0.25) is 0 Å². The highest BCUT2D eigenvalue weighted by atomic mass is 79.9. The zero-order chi connectivity index (χ0) is 13.3. The Morgan fingerprint density at radius 1 is 1.39 bits per heavy atom. The fourth-order valence-electron chi connectivity index (χ4n) is 1.48. The molecular formula is C11H9BrClN3O2. The molecule has 0 unspecified atom stereocenters. The van der Waals surface area contributed by atoms with Gasteiger partial charge in [-0.1, -0.05) is 33.6 Å². The molecule has 0 fully saturated rings. The van der Waals surface area contributed by atoms with Crippen LogP contribution in [0, 0.1) is 0 Å². The highest BCUT2D eigenvalue weighted by molar-refractivity contribution is 9.10. The molecule has 1 heterocycles. The third kappa shape index (κ3) is 2.65. The number of nitrogens with two attached hydrogens (primary N) is 1. The largest absolute Gasteiger partial charge is 0.393 e. The van der Waals surface area contributed by atoms with Gasteiger partial charge in [0.15, 0.2) is 0 Å². The van der Waals surface area contributed by atoms with Gasteiger partial charge in [-0.25, -0.2) is 4.79 Å². The molecule has 0 aliphatic rings. The number of nitrogens with zero attached hydrogens (tertiary/aromatic N) is 1. The number of nitrogens with one attached hydrogen (secondary N) is 1. The predicted octanol–water partition coefficient (Wildman–Crippen LogP) is 1.58. The highest BCUT2D eigenvalue weighted by Crippen LogP contribution is 2.21. The van der Waals surface area contributed by atoms with E-state index in [4.69, 9.17) is 17.3 Å². The van der Waals surface area contributed by atoms with E-state index in [0.717, 1.165) is 10.0 Å². The summed E-state index contributed by atoms with van der Waals surface area (Å²) in [5.74, 6) is 0. The van der Waals surface area contributed by atoms with Gasteiger partial charge in [0.25, 0.3) is 5.56 Å². The second kappa shape index (κ2) is 4.99. The van der Waals surface area contributed by atoms with Crippen molar-refractivity contribution in [2.75, 3.05) is 5.73 Å². The molecule has 0 saturated carbocycles. The first-order chi connectivity index (χ1) is 8.47. The van der Waals surface area contributed by atoms with Gasteiger partial charge in [-0.05, 0) is 17.7 Å². The van der Waals surface area contributed by atoms with Gasteiger partial charge in [-0.2, -0.15) is 0 Å². The monoisotopic (exact) mass is 329 g/mol. The molecule has 0 aliphatic heterocycles. The van der Waals surface area contributed by atoms with E-state index in [1.807, 2.05) is 6.07 Å². The molecule has 0 atom stereocenters. The number of rotatable bonds is 2. The molecule has 5 nitrogen and oxygen atoms in total. The lowest BCUT2D eigenvalue weighted by atomic mass is 10.2. The fraction of sp³-hybridized carbons (Fsp3) is 0.0909. The van der Waals surface area contributed by atoms with Crippen LogP contribution in [-0.2, 0) is 6.54 Å². The number of anilines is 1. The second-order valence-electron chi connectivity index (χ2n) is 3.71. The minimum absolute atomic E-state index is 0.0113.